The van der Waals surface area contributed by atoms with Crippen molar-refractivity contribution in [2.45, 2.75) is 12.8 Å². The normalized spacial score (nSPS) is 10.6. The fourth-order valence-corrected chi connectivity index (χ4v) is 2.58. The van der Waals surface area contributed by atoms with Gasteiger partial charge in [-0.15, -0.1) is 0 Å². The van der Waals surface area contributed by atoms with E-state index in [2.05, 4.69) is 10.3 Å². The minimum absolute atomic E-state index is 0.0897. The van der Waals surface area contributed by atoms with Gasteiger partial charge in [-0.3, -0.25) is 9.59 Å². The zero-order chi connectivity index (χ0) is 17.5. The second kappa shape index (κ2) is 8.15. The lowest BCUT2D eigenvalue weighted by Gasteiger charge is -2.07. The zero-order valence-corrected chi connectivity index (χ0v) is 13.8. The molecule has 0 fully saturated rings. The van der Waals surface area contributed by atoms with Gasteiger partial charge in [-0.05, 0) is 36.1 Å². The number of fused-ring (bicyclic) bond motifs is 1. The van der Waals surface area contributed by atoms with Crippen molar-refractivity contribution in [3.8, 4) is 5.75 Å². The molecule has 0 unspecified atom stereocenters. The molecule has 0 aliphatic rings. The van der Waals surface area contributed by atoms with Crippen LogP contribution in [0.2, 0.25) is 0 Å². The van der Waals surface area contributed by atoms with Crippen LogP contribution in [0, 0.1) is 0 Å². The van der Waals surface area contributed by atoms with E-state index in [-0.39, 0.29) is 17.9 Å². The predicted molar refractivity (Wildman–Crippen MR) is 97.8 cm³/mol. The van der Waals surface area contributed by atoms with Gasteiger partial charge in [0.15, 0.2) is 0 Å². The summed E-state index contributed by atoms with van der Waals surface area (Å²) in [5.74, 6) is 0.658. The Morgan fingerprint density at radius 3 is 2.64 bits per heavy atom. The fourth-order valence-electron chi connectivity index (χ4n) is 2.58. The van der Waals surface area contributed by atoms with Crippen LogP contribution in [0.4, 0.5) is 0 Å². The number of nitrogens with one attached hydrogen (secondary N) is 2. The molecule has 2 aromatic carbocycles. The first-order chi connectivity index (χ1) is 12.2. The van der Waals surface area contributed by atoms with Crippen molar-refractivity contribution in [1.82, 2.24) is 10.3 Å². The largest absolute Gasteiger partial charge is 0.493 e. The number of aromatic amines is 1. The molecule has 1 amide bonds. The summed E-state index contributed by atoms with van der Waals surface area (Å²) in [6, 6.07) is 18.9. The lowest BCUT2D eigenvalue weighted by Crippen LogP contribution is -2.28. The smallest absolute Gasteiger partial charge is 0.251 e. The summed E-state index contributed by atoms with van der Waals surface area (Å²) in [5, 5.41) is 3.81. The van der Waals surface area contributed by atoms with Crippen LogP contribution >= 0.6 is 0 Å². The van der Waals surface area contributed by atoms with Crippen LogP contribution in [-0.2, 0) is 11.2 Å². The first kappa shape index (κ1) is 16.8. The molecule has 3 aromatic rings. The lowest BCUT2D eigenvalue weighted by molar-refractivity contribution is -0.121. The molecule has 0 aliphatic heterocycles. The van der Waals surface area contributed by atoms with Crippen LogP contribution in [0.3, 0.4) is 0 Å². The van der Waals surface area contributed by atoms with Gasteiger partial charge in [0.1, 0.15) is 5.75 Å². The highest BCUT2D eigenvalue weighted by Crippen LogP contribution is 2.10. The third-order valence-corrected chi connectivity index (χ3v) is 3.89. The topological polar surface area (TPSA) is 71.2 Å². The summed E-state index contributed by atoms with van der Waals surface area (Å²) in [5.41, 5.74) is 1.37. The van der Waals surface area contributed by atoms with E-state index in [1.807, 2.05) is 60.7 Å². The van der Waals surface area contributed by atoms with Crippen molar-refractivity contribution in [3.05, 3.63) is 76.6 Å². The SMILES string of the molecule is O=C(CCOc1ccccc1)NCCc1cc2ccccc2[nH]c1=O. The van der Waals surface area contributed by atoms with Crippen LogP contribution in [-0.4, -0.2) is 24.0 Å². The highest BCUT2D eigenvalue weighted by Gasteiger charge is 2.05. The van der Waals surface area contributed by atoms with E-state index in [0.717, 1.165) is 16.7 Å². The molecule has 0 saturated heterocycles. The molecule has 1 heterocycles. The Morgan fingerprint density at radius 1 is 1.04 bits per heavy atom. The van der Waals surface area contributed by atoms with E-state index in [0.29, 0.717) is 25.1 Å². The number of aromatic nitrogens is 1. The minimum atomic E-state index is -0.111. The van der Waals surface area contributed by atoms with Crippen LogP contribution in [0.5, 0.6) is 5.75 Å². The standard InChI is InChI=1S/C20H20N2O3/c23-19(11-13-25-17-7-2-1-3-8-17)21-12-10-16-14-15-6-4-5-9-18(15)22-20(16)24/h1-9,14H,10-13H2,(H,21,23)(H,22,24). The average Bonchev–Trinajstić information content (AvgIpc) is 2.63. The van der Waals surface area contributed by atoms with Crippen molar-refractivity contribution in [2.24, 2.45) is 0 Å². The number of amides is 1. The molecule has 0 radical (unpaired) electrons. The summed E-state index contributed by atoms with van der Waals surface area (Å²) >= 11 is 0. The Labute approximate surface area is 145 Å². The van der Waals surface area contributed by atoms with Gasteiger partial charge in [0, 0.05) is 17.6 Å². The van der Waals surface area contributed by atoms with Crippen LogP contribution in [0.25, 0.3) is 10.9 Å². The van der Waals surface area contributed by atoms with Crippen molar-refractivity contribution in [1.29, 1.82) is 0 Å². The third kappa shape index (κ3) is 4.70. The average molecular weight is 336 g/mol. The van der Waals surface area contributed by atoms with Gasteiger partial charge >= 0.3 is 0 Å². The number of para-hydroxylation sites is 2. The number of hydrogen-bond donors (Lipinski definition) is 2. The highest BCUT2D eigenvalue weighted by atomic mass is 16.5. The number of pyridine rings is 1. The van der Waals surface area contributed by atoms with Gasteiger partial charge in [0.25, 0.3) is 5.56 Å². The first-order valence-corrected chi connectivity index (χ1v) is 8.28. The molecule has 2 N–H and O–H groups in total. The van der Waals surface area contributed by atoms with Crippen molar-refractivity contribution >= 4 is 16.8 Å². The second-order valence-electron chi connectivity index (χ2n) is 5.72. The summed E-state index contributed by atoms with van der Waals surface area (Å²) in [6.45, 7) is 0.748. The molecule has 0 bridgehead atoms. The van der Waals surface area contributed by atoms with Gasteiger partial charge in [-0.25, -0.2) is 0 Å². The van der Waals surface area contributed by atoms with E-state index in [9.17, 15) is 9.59 Å². The lowest BCUT2D eigenvalue weighted by atomic mass is 10.1. The summed E-state index contributed by atoms with van der Waals surface area (Å²) in [6.07, 6.45) is 0.772. The number of H-pyrrole nitrogens is 1. The van der Waals surface area contributed by atoms with Crippen LogP contribution in [0.15, 0.2) is 65.5 Å². The van der Waals surface area contributed by atoms with Gasteiger partial charge in [-0.2, -0.15) is 0 Å². The Bertz CT molecular complexity index is 903. The predicted octanol–water partition coefficient (Wildman–Crippen LogP) is 2.66. The monoisotopic (exact) mass is 336 g/mol. The minimum Gasteiger partial charge on any atom is -0.493 e. The van der Waals surface area contributed by atoms with Gasteiger partial charge in [0.05, 0.1) is 13.0 Å². The number of benzene rings is 2. The molecule has 0 spiro atoms. The van der Waals surface area contributed by atoms with Crippen molar-refractivity contribution in [2.75, 3.05) is 13.2 Å². The number of carbonyl (C=O) groups is 1. The maximum Gasteiger partial charge on any atom is 0.251 e. The molecule has 128 valence electrons. The summed E-state index contributed by atoms with van der Waals surface area (Å²) in [7, 11) is 0. The molecule has 0 saturated carbocycles. The molecule has 0 atom stereocenters. The van der Waals surface area contributed by atoms with E-state index in [1.54, 1.807) is 0 Å². The second-order valence-corrected chi connectivity index (χ2v) is 5.72. The number of rotatable bonds is 7. The number of hydrogen-bond acceptors (Lipinski definition) is 3. The number of carbonyl (C=O) groups excluding carboxylic acids is 1. The zero-order valence-electron chi connectivity index (χ0n) is 13.8. The molecule has 5 heteroatoms. The highest BCUT2D eigenvalue weighted by molar-refractivity contribution is 5.78. The van der Waals surface area contributed by atoms with Gasteiger partial charge in [0.2, 0.25) is 5.91 Å². The first-order valence-electron chi connectivity index (χ1n) is 8.28. The van der Waals surface area contributed by atoms with E-state index in [1.165, 1.54) is 0 Å². The Morgan fingerprint density at radius 2 is 1.80 bits per heavy atom. The molecule has 0 aliphatic carbocycles. The maximum absolute atomic E-state index is 12.0. The van der Waals surface area contributed by atoms with Gasteiger partial charge < -0.3 is 15.0 Å². The van der Waals surface area contributed by atoms with Crippen molar-refractivity contribution in [3.63, 3.8) is 0 Å². The Hall–Kier alpha value is -3.08. The van der Waals surface area contributed by atoms with E-state index >= 15 is 0 Å². The quantitative estimate of drug-likeness (QED) is 0.697. The third-order valence-electron chi connectivity index (χ3n) is 3.89. The number of ether oxygens (including phenoxy) is 1. The van der Waals surface area contributed by atoms with E-state index < -0.39 is 0 Å². The van der Waals surface area contributed by atoms with Crippen LogP contribution < -0.4 is 15.6 Å². The Kier molecular flexibility index (Phi) is 5.46. The van der Waals surface area contributed by atoms with Crippen molar-refractivity contribution < 1.29 is 9.53 Å². The van der Waals surface area contributed by atoms with Crippen LogP contribution in [0.1, 0.15) is 12.0 Å². The fraction of sp³-hybridized carbons (Fsp3) is 0.200. The summed E-state index contributed by atoms with van der Waals surface area (Å²) in [4.78, 5) is 26.8. The molecule has 5 nitrogen and oxygen atoms in total. The van der Waals surface area contributed by atoms with E-state index in [4.69, 9.17) is 4.74 Å². The Balaban J connectivity index is 1.45. The molecule has 1 aromatic heterocycles. The molecule has 3 rings (SSSR count). The summed E-state index contributed by atoms with van der Waals surface area (Å²) < 4.78 is 5.49. The van der Waals surface area contributed by atoms with Gasteiger partial charge in [-0.1, -0.05) is 36.4 Å². The molecular formula is C20H20N2O3. The molecule has 25 heavy (non-hydrogen) atoms. The molecular weight excluding hydrogens is 316 g/mol. The maximum atomic E-state index is 12.0.